The van der Waals surface area contributed by atoms with Crippen LogP contribution in [0.3, 0.4) is 0 Å². The second kappa shape index (κ2) is 8.78. The second-order valence-corrected chi connectivity index (χ2v) is 7.40. The molecule has 25 heavy (non-hydrogen) atoms. The monoisotopic (exact) mass is 382 g/mol. The molecule has 0 bridgehead atoms. The van der Waals surface area contributed by atoms with E-state index in [9.17, 15) is 4.79 Å². The van der Waals surface area contributed by atoms with Crippen molar-refractivity contribution in [3.8, 4) is 0 Å². The molecule has 1 N–H and O–H groups in total. The van der Waals surface area contributed by atoms with Crippen LogP contribution in [0.4, 0.5) is 5.82 Å². The summed E-state index contributed by atoms with van der Waals surface area (Å²) in [4.78, 5) is 22.9. The molecule has 0 saturated carbocycles. The Labute approximate surface area is 156 Å². The summed E-state index contributed by atoms with van der Waals surface area (Å²) in [5.41, 5.74) is 0.826. The smallest absolute Gasteiger partial charge is 0.225 e. The molecular weight excluding hydrogens is 360 g/mol. The number of anilines is 1. The van der Waals surface area contributed by atoms with Crippen molar-refractivity contribution < 1.29 is 9.53 Å². The molecule has 1 fully saturated rings. The van der Waals surface area contributed by atoms with E-state index < -0.39 is 0 Å². The number of ether oxygens (including phenoxy) is 1. The predicted molar refractivity (Wildman–Crippen MR) is 101 cm³/mol. The van der Waals surface area contributed by atoms with Gasteiger partial charge in [-0.25, -0.2) is 4.98 Å². The standard InChI is InChI=1S/C17H23ClN4O2S/c1-2-8-24-12(10-14(23)22-6-3-4-7-22)11-19-16-15-13(5-9-25-15)20-17(18)21-16/h5,9,12H,2-4,6-8,10-11H2,1H3,(H,19,20,21). The molecule has 1 aliphatic rings. The number of aromatic nitrogens is 2. The van der Waals surface area contributed by atoms with Crippen LogP contribution in [0.15, 0.2) is 11.4 Å². The summed E-state index contributed by atoms with van der Waals surface area (Å²) < 4.78 is 6.85. The molecule has 1 unspecified atom stereocenters. The van der Waals surface area contributed by atoms with E-state index in [1.165, 1.54) is 0 Å². The van der Waals surface area contributed by atoms with Gasteiger partial charge in [0, 0.05) is 26.2 Å². The van der Waals surface area contributed by atoms with E-state index in [4.69, 9.17) is 16.3 Å². The molecule has 0 aromatic carbocycles. The zero-order chi connectivity index (χ0) is 17.6. The normalized spacial score (nSPS) is 15.7. The van der Waals surface area contributed by atoms with Gasteiger partial charge in [0.15, 0.2) is 0 Å². The van der Waals surface area contributed by atoms with Crippen molar-refractivity contribution in [1.82, 2.24) is 14.9 Å². The van der Waals surface area contributed by atoms with Crippen LogP contribution in [0.5, 0.6) is 0 Å². The number of hydrogen-bond donors (Lipinski definition) is 1. The number of amides is 1. The van der Waals surface area contributed by atoms with Crippen LogP contribution < -0.4 is 5.32 Å². The number of fused-ring (bicyclic) bond motifs is 1. The van der Waals surface area contributed by atoms with Gasteiger partial charge in [-0.2, -0.15) is 4.98 Å². The summed E-state index contributed by atoms with van der Waals surface area (Å²) in [6.07, 6.45) is 3.32. The van der Waals surface area contributed by atoms with Gasteiger partial charge in [0.2, 0.25) is 11.2 Å². The first-order valence-corrected chi connectivity index (χ1v) is 9.97. The molecule has 136 valence electrons. The van der Waals surface area contributed by atoms with Crippen molar-refractivity contribution in [3.63, 3.8) is 0 Å². The number of thiophene rings is 1. The summed E-state index contributed by atoms with van der Waals surface area (Å²) in [7, 11) is 0. The van der Waals surface area contributed by atoms with Gasteiger partial charge in [0.1, 0.15) is 5.82 Å². The van der Waals surface area contributed by atoms with Crippen LogP contribution in [-0.2, 0) is 9.53 Å². The number of nitrogens with zero attached hydrogens (tertiary/aromatic N) is 3. The Morgan fingerprint density at radius 3 is 3.00 bits per heavy atom. The summed E-state index contributed by atoms with van der Waals surface area (Å²) in [5.74, 6) is 0.867. The van der Waals surface area contributed by atoms with Crippen LogP contribution in [0, 0.1) is 0 Å². The summed E-state index contributed by atoms with van der Waals surface area (Å²) in [6, 6.07) is 1.92. The Balaban J connectivity index is 1.64. The molecule has 8 heteroatoms. The largest absolute Gasteiger partial charge is 0.376 e. The van der Waals surface area contributed by atoms with Crippen LogP contribution in [0.2, 0.25) is 5.28 Å². The van der Waals surface area contributed by atoms with Gasteiger partial charge >= 0.3 is 0 Å². The minimum Gasteiger partial charge on any atom is -0.376 e. The average molecular weight is 383 g/mol. The Hall–Kier alpha value is -1.44. The molecule has 1 atom stereocenters. The highest BCUT2D eigenvalue weighted by molar-refractivity contribution is 7.17. The number of nitrogens with one attached hydrogen (secondary N) is 1. The third-order valence-corrected chi connectivity index (χ3v) is 5.27. The summed E-state index contributed by atoms with van der Waals surface area (Å²) >= 11 is 7.56. The SMILES string of the molecule is CCCOC(CNc1nc(Cl)nc2ccsc12)CC(=O)N1CCCC1. The maximum atomic E-state index is 12.4. The number of carbonyl (C=O) groups excluding carboxylic acids is 1. The Morgan fingerprint density at radius 1 is 1.44 bits per heavy atom. The second-order valence-electron chi connectivity index (χ2n) is 6.14. The lowest BCUT2D eigenvalue weighted by molar-refractivity contribution is -0.132. The van der Waals surface area contributed by atoms with E-state index in [1.54, 1.807) is 11.3 Å². The molecule has 0 aliphatic carbocycles. The van der Waals surface area contributed by atoms with Crippen LogP contribution in [0.1, 0.15) is 32.6 Å². The minimum atomic E-state index is -0.184. The molecule has 3 rings (SSSR count). The molecule has 0 radical (unpaired) electrons. The molecule has 2 aromatic heterocycles. The van der Waals surface area contributed by atoms with Crippen LogP contribution in [-0.4, -0.2) is 53.1 Å². The van der Waals surface area contributed by atoms with Crippen molar-refractivity contribution in [2.75, 3.05) is 31.6 Å². The Bertz CT molecular complexity index is 718. The highest BCUT2D eigenvalue weighted by Gasteiger charge is 2.22. The van der Waals surface area contributed by atoms with Gasteiger partial charge in [0.25, 0.3) is 0 Å². The fourth-order valence-corrected chi connectivity index (χ4v) is 3.90. The Kier molecular flexibility index (Phi) is 6.45. The van der Waals surface area contributed by atoms with E-state index >= 15 is 0 Å². The molecule has 1 aliphatic heterocycles. The lowest BCUT2D eigenvalue weighted by Crippen LogP contribution is -2.34. The maximum absolute atomic E-state index is 12.4. The van der Waals surface area contributed by atoms with E-state index in [-0.39, 0.29) is 17.3 Å². The number of likely N-dealkylation sites (tertiary alicyclic amines) is 1. The van der Waals surface area contributed by atoms with E-state index in [0.29, 0.717) is 25.4 Å². The van der Waals surface area contributed by atoms with Gasteiger partial charge < -0.3 is 15.0 Å². The van der Waals surface area contributed by atoms with E-state index in [0.717, 1.165) is 42.6 Å². The third-order valence-electron chi connectivity index (χ3n) is 4.19. The highest BCUT2D eigenvalue weighted by atomic mass is 35.5. The van der Waals surface area contributed by atoms with Gasteiger partial charge in [0.05, 0.1) is 22.7 Å². The number of carbonyl (C=O) groups is 1. The number of rotatable bonds is 8. The predicted octanol–water partition coefficient (Wildman–Crippen LogP) is 3.56. The van der Waals surface area contributed by atoms with Crippen molar-refractivity contribution in [2.45, 2.75) is 38.7 Å². The van der Waals surface area contributed by atoms with E-state index in [2.05, 4.69) is 22.2 Å². The number of halogens is 1. The maximum Gasteiger partial charge on any atom is 0.225 e. The average Bonchev–Trinajstić information content (AvgIpc) is 3.27. The number of hydrogen-bond acceptors (Lipinski definition) is 6. The topological polar surface area (TPSA) is 67.3 Å². The minimum absolute atomic E-state index is 0.169. The lowest BCUT2D eigenvalue weighted by Gasteiger charge is -2.22. The molecule has 6 nitrogen and oxygen atoms in total. The highest BCUT2D eigenvalue weighted by Crippen LogP contribution is 2.27. The first-order valence-electron chi connectivity index (χ1n) is 8.71. The molecule has 1 amide bonds. The first-order chi connectivity index (χ1) is 12.2. The lowest BCUT2D eigenvalue weighted by atomic mass is 10.2. The molecule has 2 aromatic rings. The fraction of sp³-hybridized carbons (Fsp3) is 0.588. The Morgan fingerprint density at radius 2 is 2.24 bits per heavy atom. The zero-order valence-electron chi connectivity index (χ0n) is 14.3. The van der Waals surface area contributed by atoms with Gasteiger partial charge in [-0.3, -0.25) is 4.79 Å². The first kappa shape index (κ1) is 18.4. The summed E-state index contributed by atoms with van der Waals surface area (Å²) in [6.45, 7) is 4.94. The van der Waals surface area contributed by atoms with Gasteiger partial charge in [-0.05, 0) is 42.3 Å². The van der Waals surface area contributed by atoms with Crippen LogP contribution in [0.25, 0.3) is 10.2 Å². The molecular formula is C17H23ClN4O2S. The van der Waals surface area contributed by atoms with Crippen molar-refractivity contribution >= 4 is 44.9 Å². The van der Waals surface area contributed by atoms with Crippen LogP contribution >= 0.6 is 22.9 Å². The van der Waals surface area contributed by atoms with Gasteiger partial charge in [-0.15, -0.1) is 11.3 Å². The van der Waals surface area contributed by atoms with E-state index in [1.807, 2.05) is 16.3 Å². The zero-order valence-corrected chi connectivity index (χ0v) is 15.9. The molecule has 1 saturated heterocycles. The van der Waals surface area contributed by atoms with Crippen molar-refractivity contribution in [3.05, 3.63) is 16.7 Å². The van der Waals surface area contributed by atoms with Crippen molar-refractivity contribution in [2.24, 2.45) is 0 Å². The van der Waals surface area contributed by atoms with Gasteiger partial charge in [-0.1, -0.05) is 6.92 Å². The van der Waals surface area contributed by atoms with Crippen molar-refractivity contribution in [1.29, 1.82) is 0 Å². The molecule has 3 heterocycles. The summed E-state index contributed by atoms with van der Waals surface area (Å²) in [5, 5.41) is 5.48. The molecule has 0 spiro atoms. The third kappa shape index (κ3) is 4.80. The fourth-order valence-electron chi connectivity index (χ4n) is 2.93. The quantitative estimate of drug-likeness (QED) is 0.707.